The zero-order chi connectivity index (χ0) is 12.3. The van der Waals surface area contributed by atoms with Crippen molar-refractivity contribution in [3.63, 3.8) is 0 Å². The van der Waals surface area contributed by atoms with Gasteiger partial charge in [-0.25, -0.2) is 0 Å². The zero-order valence-electron chi connectivity index (χ0n) is 10.3. The molecule has 90 valence electrons. The molecule has 17 heavy (non-hydrogen) atoms. The Hall–Kier alpha value is -1.75. The van der Waals surface area contributed by atoms with E-state index in [0.29, 0.717) is 5.71 Å². The number of oxime groups is 1. The second kappa shape index (κ2) is 8.41. The van der Waals surface area contributed by atoms with Crippen molar-refractivity contribution in [3.8, 4) is 11.8 Å². The average Bonchev–Trinajstić information content (AvgIpc) is 2.39. The predicted molar refractivity (Wildman–Crippen MR) is 71.3 cm³/mol. The van der Waals surface area contributed by atoms with E-state index in [4.69, 9.17) is 5.21 Å². The third-order valence-electron chi connectivity index (χ3n) is 2.51. The fraction of sp³-hybridized carbons (Fsp3) is 0.400. The van der Waals surface area contributed by atoms with Crippen molar-refractivity contribution in [2.45, 2.75) is 39.0 Å². The first-order chi connectivity index (χ1) is 8.38. The van der Waals surface area contributed by atoms with Gasteiger partial charge in [0, 0.05) is 12.0 Å². The van der Waals surface area contributed by atoms with Crippen LogP contribution in [0, 0.1) is 11.8 Å². The lowest BCUT2D eigenvalue weighted by molar-refractivity contribution is 0.320. The first-order valence-electron chi connectivity index (χ1n) is 6.14. The predicted octanol–water partition coefficient (Wildman–Crippen LogP) is 3.84. The molecule has 0 atom stereocenters. The topological polar surface area (TPSA) is 32.6 Å². The molecule has 0 unspecified atom stereocenters. The van der Waals surface area contributed by atoms with E-state index in [9.17, 15) is 0 Å². The number of unbranched alkanes of at least 4 members (excludes halogenated alkanes) is 4. The number of rotatable bonds is 5. The van der Waals surface area contributed by atoms with E-state index < -0.39 is 0 Å². The second-order valence-electron chi connectivity index (χ2n) is 3.93. The summed E-state index contributed by atoms with van der Waals surface area (Å²) in [6.07, 6.45) is 5.71. The van der Waals surface area contributed by atoms with Crippen LogP contribution in [0.15, 0.2) is 35.5 Å². The highest BCUT2D eigenvalue weighted by Gasteiger charge is 1.97. The Morgan fingerprint density at radius 3 is 2.59 bits per heavy atom. The molecule has 0 fully saturated rings. The number of hydrogen-bond donors (Lipinski definition) is 1. The first kappa shape index (κ1) is 13.3. The van der Waals surface area contributed by atoms with Crippen molar-refractivity contribution in [2.75, 3.05) is 0 Å². The summed E-state index contributed by atoms with van der Waals surface area (Å²) < 4.78 is 0. The zero-order valence-corrected chi connectivity index (χ0v) is 10.3. The third-order valence-corrected chi connectivity index (χ3v) is 2.51. The summed E-state index contributed by atoms with van der Waals surface area (Å²) in [6, 6.07) is 9.52. The number of benzene rings is 1. The Morgan fingerprint density at radius 2 is 1.94 bits per heavy atom. The van der Waals surface area contributed by atoms with Crippen LogP contribution in [0.25, 0.3) is 0 Å². The molecule has 0 heterocycles. The van der Waals surface area contributed by atoms with Gasteiger partial charge in [0.1, 0.15) is 0 Å². The molecule has 0 aliphatic rings. The van der Waals surface area contributed by atoms with Crippen LogP contribution in [0.1, 0.15) is 44.6 Å². The van der Waals surface area contributed by atoms with E-state index in [1.807, 2.05) is 30.3 Å². The third kappa shape index (κ3) is 5.21. The van der Waals surface area contributed by atoms with Crippen molar-refractivity contribution in [2.24, 2.45) is 5.16 Å². The minimum Gasteiger partial charge on any atom is -0.410 e. The monoisotopic (exact) mass is 229 g/mol. The maximum atomic E-state index is 8.91. The van der Waals surface area contributed by atoms with E-state index >= 15 is 0 Å². The molecule has 2 heteroatoms. The summed E-state index contributed by atoms with van der Waals surface area (Å²) in [6.45, 7) is 2.19. The highest BCUT2D eigenvalue weighted by atomic mass is 16.4. The molecule has 0 aromatic heterocycles. The van der Waals surface area contributed by atoms with Crippen molar-refractivity contribution >= 4 is 5.71 Å². The molecular formula is C15H19NO. The van der Waals surface area contributed by atoms with Gasteiger partial charge in [-0.05, 0) is 12.3 Å². The van der Waals surface area contributed by atoms with Crippen LogP contribution in [0.3, 0.4) is 0 Å². The van der Waals surface area contributed by atoms with Crippen molar-refractivity contribution in [3.05, 3.63) is 35.9 Å². The summed E-state index contributed by atoms with van der Waals surface area (Å²) >= 11 is 0. The van der Waals surface area contributed by atoms with Gasteiger partial charge in [0.25, 0.3) is 0 Å². The normalized spacial score (nSPS) is 10.8. The van der Waals surface area contributed by atoms with Crippen LogP contribution in [0.5, 0.6) is 0 Å². The summed E-state index contributed by atoms with van der Waals surface area (Å²) in [4.78, 5) is 0. The largest absolute Gasteiger partial charge is 0.410 e. The van der Waals surface area contributed by atoms with Crippen LogP contribution in [-0.2, 0) is 0 Å². The maximum absolute atomic E-state index is 8.91. The fourth-order valence-electron chi connectivity index (χ4n) is 1.54. The lowest BCUT2D eigenvalue weighted by Crippen LogP contribution is -1.96. The summed E-state index contributed by atoms with van der Waals surface area (Å²) in [5, 5.41) is 12.1. The summed E-state index contributed by atoms with van der Waals surface area (Å²) in [7, 11) is 0. The highest BCUT2D eigenvalue weighted by molar-refractivity contribution is 6.12. The molecule has 0 saturated heterocycles. The lowest BCUT2D eigenvalue weighted by Gasteiger charge is -1.95. The van der Waals surface area contributed by atoms with Gasteiger partial charge in [0.2, 0.25) is 0 Å². The Kier molecular flexibility index (Phi) is 6.59. The van der Waals surface area contributed by atoms with Gasteiger partial charge >= 0.3 is 0 Å². The van der Waals surface area contributed by atoms with E-state index in [1.54, 1.807) is 0 Å². The van der Waals surface area contributed by atoms with Crippen molar-refractivity contribution < 1.29 is 5.21 Å². The van der Waals surface area contributed by atoms with Crippen LogP contribution in [0.2, 0.25) is 0 Å². The molecule has 1 rings (SSSR count). The lowest BCUT2D eigenvalue weighted by atomic mass is 10.1. The van der Waals surface area contributed by atoms with Crippen molar-refractivity contribution in [1.29, 1.82) is 0 Å². The molecule has 0 bridgehead atoms. The Bertz CT molecular complexity index is 398. The molecule has 0 radical (unpaired) electrons. The first-order valence-corrected chi connectivity index (χ1v) is 6.14. The Morgan fingerprint density at radius 1 is 1.18 bits per heavy atom. The van der Waals surface area contributed by atoms with Gasteiger partial charge in [0.15, 0.2) is 5.71 Å². The van der Waals surface area contributed by atoms with Gasteiger partial charge in [-0.1, -0.05) is 67.6 Å². The van der Waals surface area contributed by atoms with Gasteiger partial charge in [0.05, 0.1) is 0 Å². The number of nitrogens with zero attached hydrogens (tertiary/aromatic N) is 1. The van der Waals surface area contributed by atoms with Crippen LogP contribution in [-0.4, -0.2) is 10.9 Å². The smallest absolute Gasteiger partial charge is 0.159 e. The van der Waals surface area contributed by atoms with Crippen LogP contribution in [0.4, 0.5) is 0 Å². The minimum absolute atomic E-state index is 0.445. The standard InChI is InChI=1S/C15H19NO/c1-2-3-4-5-6-10-13-15(16-17)14-11-8-7-9-12-14/h7-9,11-12,17H,2-6H2,1H3/b16-15-. The molecule has 2 nitrogen and oxygen atoms in total. The quantitative estimate of drug-likeness (QED) is 0.269. The molecule has 0 amide bonds. The van der Waals surface area contributed by atoms with Crippen LogP contribution >= 0.6 is 0 Å². The van der Waals surface area contributed by atoms with E-state index in [2.05, 4.69) is 23.9 Å². The van der Waals surface area contributed by atoms with Gasteiger partial charge in [-0.15, -0.1) is 0 Å². The molecule has 0 spiro atoms. The van der Waals surface area contributed by atoms with Gasteiger partial charge in [-0.2, -0.15) is 0 Å². The molecule has 0 saturated carbocycles. The number of hydrogen-bond acceptors (Lipinski definition) is 2. The summed E-state index contributed by atoms with van der Waals surface area (Å²) in [5.41, 5.74) is 1.30. The molecule has 0 aliphatic heterocycles. The molecule has 0 aliphatic carbocycles. The van der Waals surface area contributed by atoms with E-state index in [0.717, 1.165) is 18.4 Å². The fourth-order valence-corrected chi connectivity index (χ4v) is 1.54. The molecule has 1 N–H and O–H groups in total. The van der Waals surface area contributed by atoms with Gasteiger partial charge < -0.3 is 5.21 Å². The molecule has 1 aromatic carbocycles. The minimum atomic E-state index is 0.445. The van der Waals surface area contributed by atoms with Crippen LogP contribution < -0.4 is 0 Å². The second-order valence-corrected chi connectivity index (χ2v) is 3.93. The molecular weight excluding hydrogens is 210 g/mol. The SMILES string of the molecule is CCCCCCC#C/C(=N/O)c1ccccc1. The Labute approximate surface area is 103 Å². The summed E-state index contributed by atoms with van der Waals surface area (Å²) in [5.74, 6) is 5.97. The van der Waals surface area contributed by atoms with E-state index in [-0.39, 0.29) is 0 Å². The Balaban J connectivity index is 2.46. The maximum Gasteiger partial charge on any atom is 0.159 e. The highest BCUT2D eigenvalue weighted by Crippen LogP contribution is 2.02. The van der Waals surface area contributed by atoms with Gasteiger partial charge in [-0.3, -0.25) is 0 Å². The average molecular weight is 229 g/mol. The molecule has 1 aromatic rings. The van der Waals surface area contributed by atoms with Crippen molar-refractivity contribution in [1.82, 2.24) is 0 Å². The van der Waals surface area contributed by atoms with E-state index in [1.165, 1.54) is 19.3 Å².